The lowest BCUT2D eigenvalue weighted by atomic mass is 10.2. The molecule has 0 spiro atoms. The van der Waals surface area contributed by atoms with Crippen molar-refractivity contribution < 1.29 is 31.2 Å². The average molecular weight is 529 g/mol. The van der Waals surface area contributed by atoms with Crippen LogP contribution in [0.5, 0.6) is 5.75 Å². The maximum atomic E-state index is 13.3. The summed E-state index contributed by atoms with van der Waals surface area (Å²) in [6, 6.07) is 7.71. The van der Waals surface area contributed by atoms with Crippen LogP contribution in [0.3, 0.4) is 0 Å². The third-order valence-electron chi connectivity index (χ3n) is 5.07. The van der Waals surface area contributed by atoms with Crippen LogP contribution < -0.4 is 14.4 Å². The van der Waals surface area contributed by atoms with Gasteiger partial charge in [-0.3, -0.25) is 14.8 Å². The summed E-state index contributed by atoms with van der Waals surface area (Å²) in [5.74, 6) is 0.344. The van der Waals surface area contributed by atoms with Crippen molar-refractivity contribution in [3.05, 3.63) is 74.9 Å². The number of benzene rings is 2. The van der Waals surface area contributed by atoms with E-state index in [0.29, 0.717) is 17.3 Å². The Balaban J connectivity index is 1.76. The van der Waals surface area contributed by atoms with Gasteiger partial charge in [0.1, 0.15) is 12.4 Å². The minimum absolute atomic E-state index is 0.000267. The van der Waals surface area contributed by atoms with Gasteiger partial charge in [-0.1, -0.05) is 11.6 Å². The maximum Gasteiger partial charge on any atom is 0.417 e. The van der Waals surface area contributed by atoms with Crippen molar-refractivity contribution in [2.24, 2.45) is 0 Å². The van der Waals surface area contributed by atoms with E-state index in [4.69, 9.17) is 16.3 Å². The molecule has 0 unspecified atom stereocenters. The molecule has 4 rings (SSSR count). The fourth-order valence-electron chi connectivity index (χ4n) is 3.49. The summed E-state index contributed by atoms with van der Waals surface area (Å²) in [4.78, 5) is 15.8. The molecule has 0 aliphatic carbocycles. The first-order valence-corrected chi connectivity index (χ1v) is 11.8. The van der Waals surface area contributed by atoms with E-state index in [2.05, 4.69) is 9.71 Å². The number of anilines is 3. The molecule has 0 bridgehead atoms. The third kappa shape index (κ3) is 4.95. The van der Waals surface area contributed by atoms with Crippen LogP contribution in [0.1, 0.15) is 11.1 Å². The molecule has 9 nitrogen and oxygen atoms in total. The Morgan fingerprint density at radius 1 is 1.20 bits per heavy atom. The van der Waals surface area contributed by atoms with E-state index >= 15 is 0 Å². The summed E-state index contributed by atoms with van der Waals surface area (Å²) in [5, 5.41) is 10.5. The maximum absolute atomic E-state index is 13.3. The number of rotatable bonds is 5. The second kappa shape index (κ2) is 8.89. The smallest absolute Gasteiger partial charge is 0.417 e. The number of alkyl halides is 3. The number of nitrogens with zero attached hydrogens (tertiary/aromatic N) is 3. The summed E-state index contributed by atoms with van der Waals surface area (Å²) in [5.41, 5.74) is -0.486. The third-order valence-corrected chi connectivity index (χ3v) is 6.77. The predicted octanol–water partition coefficient (Wildman–Crippen LogP) is 5.30. The van der Waals surface area contributed by atoms with Crippen molar-refractivity contribution in [1.29, 1.82) is 0 Å². The number of nitrogens with one attached hydrogen (secondary N) is 1. The molecule has 0 saturated carbocycles. The van der Waals surface area contributed by atoms with E-state index < -0.39 is 36.6 Å². The van der Waals surface area contributed by atoms with Gasteiger partial charge < -0.3 is 9.64 Å². The summed E-state index contributed by atoms with van der Waals surface area (Å²) in [6.45, 7) is 2.02. The number of hydrogen-bond acceptors (Lipinski definition) is 7. The molecule has 1 aliphatic rings. The molecule has 1 N–H and O–H groups in total. The first kappa shape index (κ1) is 24.5. The molecule has 3 aromatic rings. The lowest BCUT2D eigenvalue weighted by Gasteiger charge is -2.31. The minimum atomic E-state index is -4.85. The second-order valence-corrected chi connectivity index (χ2v) is 9.63. The Kier molecular flexibility index (Phi) is 6.23. The molecule has 14 heteroatoms. The van der Waals surface area contributed by atoms with Gasteiger partial charge in [0.25, 0.3) is 15.7 Å². The molecule has 0 radical (unpaired) electrons. The zero-order valence-corrected chi connectivity index (χ0v) is 19.4. The van der Waals surface area contributed by atoms with Crippen LogP contribution in [0.4, 0.5) is 36.1 Å². The number of hydrogen-bond donors (Lipinski definition) is 1. The number of ether oxygens (including phenoxy) is 1. The van der Waals surface area contributed by atoms with E-state index in [1.54, 1.807) is 11.8 Å². The first-order valence-electron chi connectivity index (χ1n) is 9.92. The number of aryl methyl sites for hydroxylation is 1. The number of nitro groups is 1. The number of fused-ring (bicyclic) bond motifs is 1. The zero-order chi connectivity index (χ0) is 25.5. The van der Waals surface area contributed by atoms with Crippen molar-refractivity contribution in [2.75, 3.05) is 22.8 Å². The molecule has 0 atom stereocenters. The Labute approximate surface area is 202 Å². The normalized spacial score (nSPS) is 13.7. The molecular formula is C21H16ClF3N4O5S. The van der Waals surface area contributed by atoms with Gasteiger partial charge in [0, 0.05) is 12.3 Å². The van der Waals surface area contributed by atoms with Crippen LogP contribution in [0.2, 0.25) is 5.02 Å². The number of non-ortho nitro benzene ring substituents is 1. The highest BCUT2D eigenvalue weighted by molar-refractivity contribution is 7.92. The van der Waals surface area contributed by atoms with Crippen LogP contribution in [-0.2, 0) is 16.2 Å². The second-order valence-electron chi connectivity index (χ2n) is 7.54. The highest BCUT2D eigenvalue weighted by atomic mass is 35.5. The van der Waals surface area contributed by atoms with E-state index in [0.717, 1.165) is 12.1 Å². The van der Waals surface area contributed by atoms with Crippen LogP contribution in [0, 0.1) is 17.0 Å². The Bertz CT molecular complexity index is 1430. The van der Waals surface area contributed by atoms with Crippen LogP contribution >= 0.6 is 11.6 Å². The Morgan fingerprint density at radius 2 is 1.94 bits per heavy atom. The van der Waals surface area contributed by atoms with Gasteiger partial charge in [0.15, 0.2) is 5.82 Å². The van der Waals surface area contributed by atoms with Gasteiger partial charge in [-0.2, -0.15) is 13.2 Å². The molecule has 0 amide bonds. The Hall–Kier alpha value is -3.58. The molecule has 0 fully saturated rings. The average Bonchev–Trinajstić information content (AvgIpc) is 2.77. The van der Waals surface area contributed by atoms with E-state index in [9.17, 15) is 31.7 Å². The molecule has 1 aliphatic heterocycles. The van der Waals surface area contributed by atoms with Crippen molar-refractivity contribution in [2.45, 2.75) is 18.0 Å². The SMILES string of the molecule is Cc1cnc(N2CCOc3cc([N+](=O)[O-])ccc32)c(NS(=O)(=O)c2ccc(Cl)c(C(F)(F)F)c2)c1. The number of pyridine rings is 1. The standard InChI is InChI=1S/C21H16ClF3N4O5S/c1-12-8-17(27-35(32,33)14-3-4-16(22)15(10-14)21(23,24)25)20(26-11-12)28-6-7-34-19-9-13(29(30)31)2-5-18(19)28/h2-5,8-11,27H,6-7H2,1H3. The first-order chi connectivity index (χ1) is 16.4. The molecular weight excluding hydrogens is 513 g/mol. The fraction of sp³-hybridized carbons (Fsp3) is 0.190. The quantitative estimate of drug-likeness (QED) is 0.353. The summed E-state index contributed by atoms with van der Waals surface area (Å²) < 4.78 is 73.7. The van der Waals surface area contributed by atoms with Gasteiger partial charge in [-0.05, 0) is 42.8 Å². The van der Waals surface area contributed by atoms with Gasteiger partial charge in [-0.15, -0.1) is 0 Å². The summed E-state index contributed by atoms with van der Waals surface area (Å²) in [6.07, 6.45) is -3.36. The largest absolute Gasteiger partial charge is 0.489 e. The number of aromatic nitrogens is 1. The molecule has 2 heterocycles. The van der Waals surface area contributed by atoms with E-state index in [-0.39, 0.29) is 36.1 Å². The molecule has 184 valence electrons. The molecule has 2 aromatic carbocycles. The van der Waals surface area contributed by atoms with E-state index in [1.807, 2.05) is 0 Å². The molecule has 35 heavy (non-hydrogen) atoms. The number of halogens is 4. The number of sulfonamides is 1. The molecule has 1 aromatic heterocycles. The van der Waals surface area contributed by atoms with Gasteiger partial charge in [0.2, 0.25) is 0 Å². The van der Waals surface area contributed by atoms with Crippen molar-refractivity contribution >= 4 is 44.5 Å². The van der Waals surface area contributed by atoms with Crippen LogP contribution in [0.15, 0.2) is 53.6 Å². The topological polar surface area (TPSA) is 115 Å². The van der Waals surface area contributed by atoms with Crippen LogP contribution in [0.25, 0.3) is 0 Å². The lowest BCUT2D eigenvalue weighted by molar-refractivity contribution is -0.384. The molecule has 0 saturated heterocycles. The minimum Gasteiger partial charge on any atom is -0.489 e. The Morgan fingerprint density at radius 3 is 2.63 bits per heavy atom. The van der Waals surface area contributed by atoms with Gasteiger partial charge in [-0.25, -0.2) is 13.4 Å². The fourth-order valence-corrected chi connectivity index (χ4v) is 4.79. The zero-order valence-electron chi connectivity index (χ0n) is 17.8. The van der Waals surface area contributed by atoms with Crippen molar-refractivity contribution in [3.63, 3.8) is 0 Å². The van der Waals surface area contributed by atoms with Crippen molar-refractivity contribution in [1.82, 2.24) is 4.98 Å². The van der Waals surface area contributed by atoms with E-state index in [1.165, 1.54) is 30.5 Å². The summed E-state index contributed by atoms with van der Waals surface area (Å²) >= 11 is 5.61. The number of nitro benzene ring substituents is 1. The highest BCUT2D eigenvalue weighted by Gasteiger charge is 2.35. The highest BCUT2D eigenvalue weighted by Crippen LogP contribution is 2.41. The predicted molar refractivity (Wildman–Crippen MR) is 122 cm³/mol. The monoisotopic (exact) mass is 528 g/mol. The summed E-state index contributed by atoms with van der Waals surface area (Å²) in [7, 11) is -4.48. The van der Waals surface area contributed by atoms with Gasteiger partial charge in [0.05, 0.1) is 44.4 Å². The van der Waals surface area contributed by atoms with Gasteiger partial charge >= 0.3 is 6.18 Å². The van der Waals surface area contributed by atoms with Crippen LogP contribution in [-0.4, -0.2) is 31.5 Å². The van der Waals surface area contributed by atoms with Crippen molar-refractivity contribution in [3.8, 4) is 5.75 Å². The lowest BCUT2D eigenvalue weighted by Crippen LogP contribution is -2.30.